The highest BCUT2D eigenvalue weighted by Crippen LogP contribution is 2.30. The van der Waals surface area contributed by atoms with E-state index in [-0.39, 0.29) is 10.7 Å². The van der Waals surface area contributed by atoms with Crippen LogP contribution in [0.4, 0.5) is 5.69 Å². The van der Waals surface area contributed by atoms with Gasteiger partial charge in [-0.15, -0.1) is 0 Å². The first-order valence-corrected chi connectivity index (χ1v) is 11.5. The molecule has 2 amide bonds. The lowest BCUT2D eigenvalue weighted by atomic mass is 10.0. The normalized spacial score (nSPS) is 15.2. The first-order valence-electron chi connectivity index (χ1n) is 11.1. The van der Waals surface area contributed by atoms with Crippen molar-refractivity contribution in [1.29, 1.82) is 0 Å². The Hall–Kier alpha value is -4.04. The Morgan fingerprint density at radius 1 is 1.06 bits per heavy atom. The second-order valence-corrected chi connectivity index (χ2v) is 8.36. The smallest absolute Gasteiger partial charge is 0.337 e. The van der Waals surface area contributed by atoms with E-state index in [1.807, 2.05) is 32.0 Å². The van der Waals surface area contributed by atoms with Crippen LogP contribution in [0.15, 0.2) is 70.7 Å². The molecule has 1 fully saturated rings. The molecule has 1 aliphatic rings. The minimum atomic E-state index is -0.505. The van der Waals surface area contributed by atoms with E-state index in [1.54, 1.807) is 42.5 Å². The fraction of sp³-hybridized carbons (Fsp3) is 0.185. The number of thiocarbonyl (C=S) groups is 1. The van der Waals surface area contributed by atoms with Crippen LogP contribution in [0.1, 0.15) is 35.0 Å². The molecule has 0 spiro atoms. The van der Waals surface area contributed by atoms with Crippen molar-refractivity contribution in [3.8, 4) is 11.3 Å². The van der Waals surface area contributed by atoms with Gasteiger partial charge in [-0.3, -0.25) is 19.4 Å². The molecule has 0 aliphatic carbocycles. The first kappa shape index (κ1) is 24.1. The number of methoxy groups -OCH3 is 1. The average molecular weight is 489 g/mol. The first-order chi connectivity index (χ1) is 16.8. The summed E-state index contributed by atoms with van der Waals surface area (Å²) in [4.78, 5) is 41.2. The fourth-order valence-corrected chi connectivity index (χ4v) is 4.27. The van der Waals surface area contributed by atoms with Crippen molar-refractivity contribution < 1.29 is 23.5 Å². The van der Waals surface area contributed by atoms with Crippen LogP contribution in [0, 0.1) is 6.92 Å². The molecule has 0 radical (unpaired) electrons. The van der Waals surface area contributed by atoms with Gasteiger partial charge in [0.05, 0.1) is 18.4 Å². The number of carbonyl (C=O) groups is 3. The summed E-state index contributed by atoms with van der Waals surface area (Å²) in [6.45, 7) is 4.19. The van der Waals surface area contributed by atoms with Gasteiger partial charge < -0.3 is 9.15 Å². The number of hydrogen-bond acceptors (Lipinski definition) is 6. The van der Waals surface area contributed by atoms with Crippen molar-refractivity contribution >= 4 is 46.9 Å². The molecular formula is C27H24N2O5S. The molecule has 35 heavy (non-hydrogen) atoms. The van der Waals surface area contributed by atoms with Crippen molar-refractivity contribution in [2.75, 3.05) is 18.6 Å². The molecule has 1 saturated heterocycles. The molecule has 0 atom stereocenters. The van der Waals surface area contributed by atoms with Gasteiger partial charge in [-0.25, -0.2) is 4.79 Å². The van der Waals surface area contributed by atoms with Crippen LogP contribution in [0.3, 0.4) is 0 Å². The predicted octanol–water partition coefficient (Wildman–Crippen LogP) is 5.00. The number of ether oxygens (including phenoxy) is 1. The molecule has 0 saturated carbocycles. The molecule has 178 valence electrons. The van der Waals surface area contributed by atoms with E-state index in [4.69, 9.17) is 21.4 Å². The van der Waals surface area contributed by atoms with E-state index in [2.05, 4.69) is 0 Å². The molecule has 7 nitrogen and oxygen atoms in total. The molecule has 3 aromatic rings. The van der Waals surface area contributed by atoms with Crippen molar-refractivity contribution in [2.45, 2.75) is 20.3 Å². The molecule has 0 unspecified atom stereocenters. The number of nitrogens with zero attached hydrogens (tertiary/aromatic N) is 2. The van der Waals surface area contributed by atoms with Gasteiger partial charge >= 0.3 is 5.97 Å². The number of para-hydroxylation sites is 1. The van der Waals surface area contributed by atoms with Crippen LogP contribution in [-0.2, 0) is 14.3 Å². The summed E-state index contributed by atoms with van der Waals surface area (Å²) in [5.74, 6) is -0.482. The molecule has 0 N–H and O–H groups in total. The number of hydrogen-bond donors (Lipinski definition) is 0. The maximum Gasteiger partial charge on any atom is 0.337 e. The van der Waals surface area contributed by atoms with Crippen LogP contribution in [-0.4, -0.2) is 41.5 Å². The molecule has 2 heterocycles. The van der Waals surface area contributed by atoms with Crippen molar-refractivity contribution in [3.63, 3.8) is 0 Å². The van der Waals surface area contributed by atoms with Crippen molar-refractivity contribution in [3.05, 3.63) is 83.1 Å². The van der Waals surface area contributed by atoms with Crippen LogP contribution >= 0.6 is 12.2 Å². The van der Waals surface area contributed by atoms with E-state index >= 15 is 0 Å². The zero-order valence-corrected chi connectivity index (χ0v) is 20.4. The zero-order chi connectivity index (χ0) is 25.1. The Kier molecular flexibility index (Phi) is 6.93. The highest BCUT2D eigenvalue weighted by atomic mass is 32.1. The highest BCUT2D eigenvalue weighted by molar-refractivity contribution is 7.80. The SMILES string of the molecule is CCCN1C(=O)/C(=C\c2ccc(-c3ccc(C(=O)OC)cc3C)o2)C(=O)N(c2ccccc2)C1=S. The lowest BCUT2D eigenvalue weighted by Crippen LogP contribution is -2.56. The van der Waals surface area contributed by atoms with Crippen LogP contribution < -0.4 is 4.90 Å². The van der Waals surface area contributed by atoms with Gasteiger partial charge in [0.25, 0.3) is 11.8 Å². The Labute approximate surface area is 208 Å². The second-order valence-electron chi connectivity index (χ2n) is 8.00. The fourth-order valence-electron chi connectivity index (χ4n) is 3.90. The molecular weight excluding hydrogens is 464 g/mol. The molecule has 2 aromatic carbocycles. The third-order valence-corrected chi connectivity index (χ3v) is 6.02. The van der Waals surface area contributed by atoms with E-state index in [1.165, 1.54) is 23.0 Å². The van der Waals surface area contributed by atoms with Gasteiger partial charge in [0, 0.05) is 12.1 Å². The number of benzene rings is 2. The number of furan rings is 1. The molecule has 4 rings (SSSR count). The van der Waals surface area contributed by atoms with Crippen LogP contribution in [0.5, 0.6) is 0 Å². The van der Waals surface area contributed by atoms with Gasteiger partial charge in [-0.05, 0) is 73.6 Å². The van der Waals surface area contributed by atoms with Gasteiger partial charge in [0.1, 0.15) is 17.1 Å². The third kappa shape index (κ3) is 4.65. The summed E-state index contributed by atoms with van der Waals surface area (Å²) < 4.78 is 10.7. The van der Waals surface area contributed by atoms with Gasteiger partial charge in [0.15, 0.2) is 5.11 Å². The number of aryl methyl sites for hydroxylation is 1. The Balaban J connectivity index is 1.70. The topological polar surface area (TPSA) is 80.1 Å². The summed E-state index contributed by atoms with van der Waals surface area (Å²) in [5.41, 5.74) is 2.59. The number of anilines is 1. The monoisotopic (exact) mass is 488 g/mol. The lowest BCUT2D eigenvalue weighted by Gasteiger charge is -2.36. The zero-order valence-electron chi connectivity index (χ0n) is 19.6. The van der Waals surface area contributed by atoms with Crippen LogP contribution in [0.25, 0.3) is 17.4 Å². The van der Waals surface area contributed by atoms with E-state index < -0.39 is 17.8 Å². The summed E-state index contributed by atoms with van der Waals surface area (Å²) in [5, 5.41) is 0.159. The number of carbonyl (C=O) groups excluding carboxylic acids is 3. The molecule has 0 bridgehead atoms. The Bertz CT molecular complexity index is 1340. The summed E-state index contributed by atoms with van der Waals surface area (Å²) >= 11 is 5.51. The van der Waals surface area contributed by atoms with Crippen molar-refractivity contribution in [2.24, 2.45) is 0 Å². The largest absolute Gasteiger partial charge is 0.465 e. The highest BCUT2D eigenvalue weighted by Gasteiger charge is 2.40. The predicted molar refractivity (Wildman–Crippen MR) is 137 cm³/mol. The number of rotatable bonds is 6. The average Bonchev–Trinajstić information content (AvgIpc) is 3.33. The minimum Gasteiger partial charge on any atom is -0.465 e. The molecule has 1 aliphatic heterocycles. The summed E-state index contributed by atoms with van der Waals surface area (Å²) in [6.07, 6.45) is 2.13. The van der Waals surface area contributed by atoms with Crippen molar-refractivity contribution in [1.82, 2.24) is 4.90 Å². The molecule has 1 aromatic heterocycles. The number of amides is 2. The summed E-state index contributed by atoms with van der Waals surface area (Å²) in [7, 11) is 1.33. The van der Waals surface area contributed by atoms with Gasteiger partial charge in [-0.2, -0.15) is 0 Å². The quantitative estimate of drug-likeness (QED) is 0.210. The van der Waals surface area contributed by atoms with Crippen LogP contribution in [0.2, 0.25) is 0 Å². The Morgan fingerprint density at radius 3 is 2.46 bits per heavy atom. The minimum absolute atomic E-state index is 0.0328. The lowest BCUT2D eigenvalue weighted by molar-refractivity contribution is -0.127. The molecule has 8 heteroatoms. The van der Waals surface area contributed by atoms with E-state index in [9.17, 15) is 14.4 Å². The van der Waals surface area contributed by atoms with Gasteiger partial charge in [0.2, 0.25) is 0 Å². The third-order valence-electron chi connectivity index (χ3n) is 5.62. The number of esters is 1. The maximum absolute atomic E-state index is 13.4. The maximum atomic E-state index is 13.4. The second kappa shape index (κ2) is 10.1. The standard InChI is InChI=1S/C27H24N2O5S/c1-4-14-28-24(30)22(25(31)29(27(28)35)19-8-6-5-7-9-19)16-20-11-13-23(34-20)21-12-10-18(15-17(21)2)26(32)33-3/h5-13,15-16H,4,14H2,1-3H3/b22-16+. The Morgan fingerprint density at radius 2 is 1.80 bits per heavy atom. The van der Waals surface area contributed by atoms with E-state index in [0.717, 1.165) is 11.1 Å². The van der Waals surface area contributed by atoms with E-state index in [0.29, 0.717) is 35.7 Å². The summed E-state index contributed by atoms with van der Waals surface area (Å²) in [6, 6.07) is 17.6. The van der Waals surface area contributed by atoms with Gasteiger partial charge in [-0.1, -0.05) is 31.2 Å².